The molecule has 0 aromatic rings. The van der Waals surface area contributed by atoms with Crippen LogP contribution in [0.5, 0.6) is 0 Å². The maximum absolute atomic E-state index is 12.5. The molecule has 6 nitrogen and oxygen atoms in total. The molecule has 0 aromatic carbocycles. The number of unbranched alkanes of at least 4 members (excludes halogenated alkanes) is 1. The topological polar surface area (TPSA) is 81.1 Å². The Bertz CT molecular complexity index is 322. The van der Waals surface area contributed by atoms with Crippen LogP contribution in [0.3, 0.4) is 0 Å². The van der Waals surface area contributed by atoms with Crippen LogP contribution in [-0.2, 0) is 4.79 Å². The number of aliphatic carboxylic acids is 1. The standard InChI is InChI=1S/C14H26N2O4/c1-2-3-8-15(10-11-17)14(20)16-9-6-4-5-7-12(16)13(18)19/h12,17H,2-11H2,1H3,(H,18,19). The van der Waals surface area contributed by atoms with Gasteiger partial charge in [0.05, 0.1) is 6.61 Å². The first-order chi connectivity index (χ1) is 9.61. The van der Waals surface area contributed by atoms with Gasteiger partial charge in [-0.25, -0.2) is 9.59 Å². The zero-order chi connectivity index (χ0) is 15.0. The van der Waals surface area contributed by atoms with E-state index in [1.807, 2.05) is 6.92 Å². The van der Waals surface area contributed by atoms with Crippen molar-refractivity contribution >= 4 is 12.0 Å². The predicted octanol–water partition coefficient (Wildman–Crippen LogP) is 1.53. The highest BCUT2D eigenvalue weighted by Gasteiger charge is 2.32. The minimum absolute atomic E-state index is 0.0962. The van der Waals surface area contributed by atoms with E-state index in [4.69, 9.17) is 5.11 Å². The fourth-order valence-corrected chi connectivity index (χ4v) is 2.55. The number of aliphatic hydroxyl groups excluding tert-OH is 1. The molecule has 1 fully saturated rings. The van der Waals surface area contributed by atoms with Crippen LogP contribution in [0, 0.1) is 0 Å². The van der Waals surface area contributed by atoms with Gasteiger partial charge < -0.3 is 20.0 Å². The summed E-state index contributed by atoms with van der Waals surface area (Å²) >= 11 is 0. The fourth-order valence-electron chi connectivity index (χ4n) is 2.55. The summed E-state index contributed by atoms with van der Waals surface area (Å²) in [5, 5.41) is 18.4. The van der Waals surface area contributed by atoms with Gasteiger partial charge in [-0.05, 0) is 19.3 Å². The minimum atomic E-state index is -0.931. The van der Waals surface area contributed by atoms with Crippen LogP contribution in [0.15, 0.2) is 0 Å². The normalized spacial score (nSPS) is 19.5. The molecule has 1 atom stereocenters. The van der Waals surface area contributed by atoms with Crippen molar-refractivity contribution in [3.8, 4) is 0 Å². The number of carbonyl (C=O) groups excluding carboxylic acids is 1. The lowest BCUT2D eigenvalue weighted by Gasteiger charge is -2.33. The van der Waals surface area contributed by atoms with E-state index in [-0.39, 0.29) is 19.2 Å². The third kappa shape index (κ3) is 4.67. The Hall–Kier alpha value is -1.30. The average Bonchev–Trinajstić information content (AvgIpc) is 2.68. The number of aliphatic hydroxyl groups is 1. The number of amides is 2. The molecular weight excluding hydrogens is 260 g/mol. The molecule has 0 saturated carbocycles. The first kappa shape index (κ1) is 16.8. The number of nitrogens with zero attached hydrogens (tertiary/aromatic N) is 2. The van der Waals surface area contributed by atoms with Crippen molar-refractivity contribution in [2.75, 3.05) is 26.2 Å². The van der Waals surface area contributed by atoms with Gasteiger partial charge in [-0.1, -0.05) is 26.2 Å². The molecule has 1 unspecified atom stereocenters. The summed E-state index contributed by atoms with van der Waals surface area (Å²) in [6.45, 7) is 3.26. The van der Waals surface area contributed by atoms with Crippen molar-refractivity contribution in [2.45, 2.75) is 51.5 Å². The van der Waals surface area contributed by atoms with Gasteiger partial charge in [0.2, 0.25) is 0 Å². The van der Waals surface area contributed by atoms with Crippen LogP contribution in [0.1, 0.15) is 45.4 Å². The van der Waals surface area contributed by atoms with Crippen molar-refractivity contribution in [1.82, 2.24) is 9.80 Å². The third-order valence-corrected chi connectivity index (χ3v) is 3.71. The largest absolute Gasteiger partial charge is 0.480 e. The molecule has 0 bridgehead atoms. The number of carboxylic acid groups (broad SMARTS) is 1. The summed E-state index contributed by atoms with van der Waals surface area (Å²) in [4.78, 5) is 26.9. The van der Waals surface area contributed by atoms with Gasteiger partial charge >= 0.3 is 12.0 Å². The summed E-state index contributed by atoms with van der Waals surface area (Å²) in [6.07, 6.45) is 4.98. The highest BCUT2D eigenvalue weighted by atomic mass is 16.4. The fraction of sp³-hybridized carbons (Fsp3) is 0.857. The summed E-state index contributed by atoms with van der Waals surface area (Å²) in [5.41, 5.74) is 0. The van der Waals surface area contributed by atoms with Gasteiger partial charge in [0, 0.05) is 19.6 Å². The number of hydrogen-bond acceptors (Lipinski definition) is 3. The second kappa shape index (κ2) is 8.79. The molecule has 116 valence electrons. The molecule has 2 N–H and O–H groups in total. The smallest absolute Gasteiger partial charge is 0.326 e. The molecule has 1 saturated heterocycles. The SMILES string of the molecule is CCCCN(CCO)C(=O)N1CCCCCC1C(=O)O. The van der Waals surface area contributed by atoms with Crippen LogP contribution >= 0.6 is 0 Å². The van der Waals surface area contributed by atoms with Crippen LogP contribution in [0.4, 0.5) is 4.79 Å². The van der Waals surface area contributed by atoms with E-state index in [1.54, 1.807) is 4.90 Å². The Morgan fingerprint density at radius 1 is 1.25 bits per heavy atom. The molecule has 1 aliphatic rings. The second-order valence-corrected chi connectivity index (χ2v) is 5.24. The average molecular weight is 286 g/mol. The lowest BCUT2D eigenvalue weighted by molar-refractivity contribution is -0.142. The lowest BCUT2D eigenvalue weighted by Crippen LogP contribution is -2.51. The quantitative estimate of drug-likeness (QED) is 0.776. The number of likely N-dealkylation sites (tertiary alicyclic amines) is 1. The summed E-state index contributed by atoms with van der Waals surface area (Å²) < 4.78 is 0. The number of carbonyl (C=O) groups is 2. The maximum Gasteiger partial charge on any atom is 0.326 e. The van der Waals surface area contributed by atoms with Gasteiger partial charge in [0.25, 0.3) is 0 Å². The van der Waals surface area contributed by atoms with E-state index in [1.165, 1.54) is 4.90 Å². The van der Waals surface area contributed by atoms with E-state index in [0.29, 0.717) is 19.5 Å². The Labute approximate surface area is 120 Å². The molecule has 2 amide bonds. The predicted molar refractivity (Wildman–Crippen MR) is 75.6 cm³/mol. The van der Waals surface area contributed by atoms with Crippen LogP contribution in [-0.4, -0.2) is 64.3 Å². The molecule has 6 heteroatoms. The molecule has 20 heavy (non-hydrogen) atoms. The summed E-state index contributed by atoms with van der Waals surface area (Å²) in [6, 6.07) is -0.977. The molecule has 1 aliphatic heterocycles. The first-order valence-electron chi connectivity index (χ1n) is 7.51. The zero-order valence-electron chi connectivity index (χ0n) is 12.3. The number of urea groups is 1. The van der Waals surface area contributed by atoms with E-state index in [9.17, 15) is 14.7 Å². The summed E-state index contributed by atoms with van der Waals surface area (Å²) in [7, 11) is 0. The highest BCUT2D eigenvalue weighted by Crippen LogP contribution is 2.19. The van der Waals surface area contributed by atoms with Crippen molar-refractivity contribution in [1.29, 1.82) is 0 Å². The van der Waals surface area contributed by atoms with E-state index >= 15 is 0 Å². The van der Waals surface area contributed by atoms with Gasteiger partial charge in [-0.3, -0.25) is 0 Å². The minimum Gasteiger partial charge on any atom is -0.480 e. The first-order valence-corrected chi connectivity index (χ1v) is 7.51. The van der Waals surface area contributed by atoms with Crippen molar-refractivity contribution in [3.63, 3.8) is 0 Å². The molecule has 0 spiro atoms. The lowest BCUT2D eigenvalue weighted by atomic mass is 10.1. The van der Waals surface area contributed by atoms with Gasteiger partial charge in [-0.15, -0.1) is 0 Å². The monoisotopic (exact) mass is 286 g/mol. The van der Waals surface area contributed by atoms with E-state index < -0.39 is 12.0 Å². The van der Waals surface area contributed by atoms with Crippen molar-refractivity contribution in [2.24, 2.45) is 0 Å². The van der Waals surface area contributed by atoms with Crippen molar-refractivity contribution < 1.29 is 19.8 Å². The Balaban J connectivity index is 2.78. The molecule has 0 aliphatic carbocycles. The third-order valence-electron chi connectivity index (χ3n) is 3.71. The Kier molecular flexibility index (Phi) is 7.36. The highest BCUT2D eigenvalue weighted by molar-refractivity contribution is 5.82. The van der Waals surface area contributed by atoms with Gasteiger partial charge in [-0.2, -0.15) is 0 Å². The number of carboxylic acids is 1. The molecule has 1 heterocycles. The Morgan fingerprint density at radius 2 is 2.00 bits per heavy atom. The molecular formula is C14H26N2O4. The van der Waals surface area contributed by atoms with E-state index in [2.05, 4.69) is 0 Å². The molecule has 0 radical (unpaired) electrons. The molecule has 1 rings (SSSR count). The number of hydrogen-bond donors (Lipinski definition) is 2. The van der Waals surface area contributed by atoms with Crippen LogP contribution in [0.2, 0.25) is 0 Å². The van der Waals surface area contributed by atoms with Crippen LogP contribution in [0.25, 0.3) is 0 Å². The summed E-state index contributed by atoms with van der Waals surface area (Å²) in [5.74, 6) is -0.931. The van der Waals surface area contributed by atoms with Gasteiger partial charge in [0.1, 0.15) is 6.04 Å². The molecule has 0 aromatic heterocycles. The Morgan fingerprint density at radius 3 is 2.60 bits per heavy atom. The van der Waals surface area contributed by atoms with Crippen molar-refractivity contribution in [3.05, 3.63) is 0 Å². The number of rotatable bonds is 6. The van der Waals surface area contributed by atoms with Crippen LogP contribution < -0.4 is 0 Å². The van der Waals surface area contributed by atoms with Gasteiger partial charge in [0.15, 0.2) is 0 Å². The second-order valence-electron chi connectivity index (χ2n) is 5.24. The zero-order valence-corrected chi connectivity index (χ0v) is 12.3. The van der Waals surface area contributed by atoms with E-state index in [0.717, 1.165) is 32.1 Å². The maximum atomic E-state index is 12.5.